The van der Waals surface area contributed by atoms with Gasteiger partial charge in [-0.15, -0.1) is 0 Å². The number of aliphatic hydroxyl groups excluding tert-OH is 1. The highest BCUT2D eigenvalue weighted by Crippen LogP contribution is 2.13. The van der Waals surface area contributed by atoms with Crippen molar-refractivity contribution in [2.75, 3.05) is 20.2 Å². The summed E-state index contributed by atoms with van der Waals surface area (Å²) in [6, 6.07) is 6.06. The Morgan fingerprint density at radius 2 is 2.18 bits per heavy atom. The Hall–Kier alpha value is -0.970. The number of nitrogens with two attached hydrogens (primary N) is 1. The van der Waals surface area contributed by atoms with Crippen molar-refractivity contribution in [1.82, 2.24) is 4.90 Å². The number of aliphatic hydroxyl groups is 1. The smallest absolute Gasteiger partial charge is 0.103 e. The number of hydrogen-bond donors (Lipinski definition) is 2. The second-order valence-corrected chi connectivity index (χ2v) is 4.76. The standard InChI is InChI=1S/C13H20N2OS/c1-10-8-11(13(14)17)4-5-12(10)9-15(2)6-3-7-16/h4-5,8,16H,3,6-7,9H2,1-2H3,(H2,14,17). The molecule has 0 aliphatic heterocycles. The summed E-state index contributed by atoms with van der Waals surface area (Å²) < 4.78 is 0. The molecule has 1 aromatic carbocycles. The normalized spacial score (nSPS) is 10.8. The van der Waals surface area contributed by atoms with Crippen LogP contribution in [-0.4, -0.2) is 35.2 Å². The summed E-state index contributed by atoms with van der Waals surface area (Å²) in [5, 5.41) is 8.78. The van der Waals surface area contributed by atoms with Crippen LogP contribution in [0.2, 0.25) is 0 Å². The number of thiocarbonyl (C=S) groups is 1. The number of rotatable bonds is 6. The molecule has 0 aliphatic carbocycles. The summed E-state index contributed by atoms with van der Waals surface area (Å²) in [6.45, 7) is 4.08. The fourth-order valence-electron chi connectivity index (χ4n) is 1.74. The fourth-order valence-corrected chi connectivity index (χ4v) is 1.86. The Balaban J connectivity index is 2.69. The average Bonchev–Trinajstić information content (AvgIpc) is 2.28. The van der Waals surface area contributed by atoms with E-state index in [1.807, 2.05) is 12.1 Å². The second kappa shape index (κ2) is 6.69. The predicted octanol–water partition coefficient (Wildman–Crippen LogP) is 1.44. The van der Waals surface area contributed by atoms with Crippen LogP contribution in [0, 0.1) is 6.92 Å². The molecule has 3 nitrogen and oxygen atoms in total. The molecule has 0 radical (unpaired) electrons. The molecule has 0 fully saturated rings. The van der Waals surface area contributed by atoms with Gasteiger partial charge in [-0.1, -0.05) is 24.4 Å². The third-order valence-electron chi connectivity index (χ3n) is 2.77. The molecule has 0 atom stereocenters. The minimum Gasteiger partial charge on any atom is -0.396 e. The second-order valence-electron chi connectivity index (χ2n) is 4.32. The predicted molar refractivity (Wildman–Crippen MR) is 75.1 cm³/mol. The van der Waals surface area contributed by atoms with E-state index < -0.39 is 0 Å². The van der Waals surface area contributed by atoms with Gasteiger partial charge in [0.1, 0.15) is 4.99 Å². The van der Waals surface area contributed by atoms with Crippen LogP contribution in [-0.2, 0) is 6.54 Å². The first kappa shape index (κ1) is 14.1. The van der Waals surface area contributed by atoms with Crippen LogP contribution in [0.4, 0.5) is 0 Å². The zero-order chi connectivity index (χ0) is 12.8. The Labute approximate surface area is 108 Å². The minimum absolute atomic E-state index is 0.240. The molecule has 1 aromatic rings. The molecule has 0 unspecified atom stereocenters. The van der Waals surface area contributed by atoms with Gasteiger partial charge in [-0.05, 0) is 37.6 Å². The number of hydrogen-bond acceptors (Lipinski definition) is 3. The number of aryl methyl sites for hydroxylation is 1. The van der Waals surface area contributed by atoms with E-state index in [4.69, 9.17) is 23.1 Å². The van der Waals surface area contributed by atoms with Gasteiger partial charge in [0.2, 0.25) is 0 Å². The molecule has 0 heterocycles. The maximum absolute atomic E-state index is 8.78. The van der Waals surface area contributed by atoms with Gasteiger partial charge in [0, 0.05) is 25.3 Å². The Kier molecular flexibility index (Phi) is 5.55. The van der Waals surface area contributed by atoms with Gasteiger partial charge >= 0.3 is 0 Å². The lowest BCUT2D eigenvalue weighted by molar-refractivity contribution is 0.244. The largest absolute Gasteiger partial charge is 0.396 e. The van der Waals surface area contributed by atoms with E-state index in [1.165, 1.54) is 11.1 Å². The summed E-state index contributed by atoms with van der Waals surface area (Å²) in [7, 11) is 2.05. The first-order valence-corrected chi connectivity index (χ1v) is 6.14. The van der Waals surface area contributed by atoms with Gasteiger partial charge in [0.05, 0.1) is 0 Å². The van der Waals surface area contributed by atoms with Crippen molar-refractivity contribution >= 4 is 17.2 Å². The molecular weight excluding hydrogens is 232 g/mol. The summed E-state index contributed by atoms with van der Waals surface area (Å²) in [6.07, 6.45) is 0.806. The molecule has 94 valence electrons. The van der Waals surface area contributed by atoms with Crippen molar-refractivity contribution in [3.8, 4) is 0 Å². The minimum atomic E-state index is 0.240. The first-order valence-electron chi connectivity index (χ1n) is 5.73. The molecule has 1 rings (SSSR count). The Bertz CT molecular complexity index is 393. The number of benzene rings is 1. The molecule has 17 heavy (non-hydrogen) atoms. The van der Waals surface area contributed by atoms with Crippen LogP contribution in [0.15, 0.2) is 18.2 Å². The summed E-state index contributed by atoms with van der Waals surface area (Å²) in [5.41, 5.74) is 8.98. The number of nitrogens with zero attached hydrogens (tertiary/aromatic N) is 1. The average molecular weight is 252 g/mol. The lowest BCUT2D eigenvalue weighted by atomic mass is 10.0. The van der Waals surface area contributed by atoms with Crippen LogP contribution < -0.4 is 5.73 Å². The lowest BCUT2D eigenvalue weighted by Gasteiger charge is -2.17. The maximum atomic E-state index is 8.78. The van der Waals surface area contributed by atoms with Crippen molar-refractivity contribution in [2.24, 2.45) is 5.73 Å². The molecule has 3 N–H and O–H groups in total. The molecule has 0 spiro atoms. The SMILES string of the molecule is Cc1cc(C(N)=S)ccc1CN(C)CCCO. The van der Waals surface area contributed by atoms with Crippen molar-refractivity contribution in [3.63, 3.8) is 0 Å². The Morgan fingerprint density at radius 3 is 2.71 bits per heavy atom. The van der Waals surface area contributed by atoms with E-state index in [0.29, 0.717) is 4.99 Å². The van der Waals surface area contributed by atoms with Gasteiger partial charge in [0.25, 0.3) is 0 Å². The van der Waals surface area contributed by atoms with E-state index in [-0.39, 0.29) is 6.61 Å². The molecule has 0 aliphatic rings. The van der Waals surface area contributed by atoms with E-state index in [1.54, 1.807) is 0 Å². The Morgan fingerprint density at radius 1 is 1.47 bits per heavy atom. The van der Waals surface area contributed by atoms with Crippen LogP contribution in [0.1, 0.15) is 23.1 Å². The summed E-state index contributed by atoms with van der Waals surface area (Å²) in [4.78, 5) is 2.63. The monoisotopic (exact) mass is 252 g/mol. The van der Waals surface area contributed by atoms with Gasteiger partial charge in [-0.3, -0.25) is 0 Å². The highest BCUT2D eigenvalue weighted by molar-refractivity contribution is 7.80. The van der Waals surface area contributed by atoms with Crippen LogP contribution in [0.3, 0.4) is 0 Å². The zero-order valence-electron chi connectivity index (χ0n) is 10.4. The van der Waals surface area contributed by atoms with Crippen molar-refractivity contribution in [2.45, 2.75) is 19.9 Å². The van der Waals surface area contributed by atoms with E-state index >= 15 is 0 Å². The van der Waals surface area contributed by atoms with Crippen LogP contribution in [0.25, 0.3) is 0 Å². The van der Waals surface area contributed by atoms with E-state index in [9.17, 15) is 0 Å². The van der Waals surface area contributed by atoms with E-state index in [0.717, 1.165) is 25.1 Å². The zero-order valence-corrected chi connectivity index (χ0v) is 11.3. The topological polar surface area (TPSA) is 49.5 Å². The van der Waals surface area contributed by atoms with E-state index in [2.05, 4.69) is 24.9 Å². The molecule has 0 saturated carbocycles. The molecule has 0 bridgehead atoms. The molecule has 0 amide bonds. The highest BCUT2D eigenvalue weighted by atomic mass is 32.1. The quantitative estimate of drug-likeness (QED) is 0.752. The van der Waals surface area contributed by atoms with Crippen LogP contribution >= 0.6 is 12.2 Å². The third kappa shape index (κ3) is 4.42. The fraction of sp³-hybridized carbons (Fsp3) is 0.462. The lowest BCUT2D eigenvalue weighted by Crippen LogP contribution is -2.20. The molecule has 0 aromatic heterocycles. The highest BCUT2D eigenvalue weighted by Gasteiger charge is 2.05. The van der Waals surface area contributed by atoms with Gasteiger partial charge < -0.3 is 15.7 Å². The van der Waals surface area contributed by atoms with Crippen molar-refractivity contribution < 1.29 is 5.11 Å². The maximum Gasteiger partial charge on any atom is 0.103 e. The first-order chi connectivity index (χ1) is 8.04. The van der Waals surface area contributed by atoms with Gasteiger partial charge in [0.15, 0.2) is 0 Å². The third-order valence-corrected chi connectivity index (χ3v) is 3.00. The molecule has 4 heteroatoms. The molecule has 0 saturated heterocycles. The van der Waals surface area contributed by atoms with Crippen molar-refractivity contribution in [1.29, 1.82) is 0 Å². The summed E-state index contributed by atoms with van der Waals surface area (Å²) in [5.74, 6) is 0. The van der Waals surface area contributed by atoms with Gasteiger partial charge in [-0.2, -0.15) is 0 Å². The van der Waals surface area contributed by atoms with Crippen LogP contribution in [0.5, 0.6) is 0 Å². The summed E-state index contributed by atoms with van der Waals surface area (Å²) >= 11 is 4.95. The van der Waals surface area contributed by atoms with Gasteiger partial charge in [-0.25, -0.2) is 0 Å². The van der Waals surface area contributed by atoms with Crippen molar-refractivity contribution in [3.05, 3.63) is 34.9 Å². The molecular formula is C13H20N2OS.